The highest BCUT2D eigenvalue weighted by atomic mass is 16.5. The summed E-state index contributed by atoms with van der Waals surface area (Å²) in [5, 5.41) is 4.52. The van der Waals surface area contributed by atoms with E-state index in [0.717, 1.165) is 32.4 Å². The predicted octanol–water partition coefficient (Wildman–Crippen LogP) is 5.71. The van der Waals surface area contributed by atoms with Gasteiger partial charge in [0.05, 0.1) is 12.8 Å². The number of hydrogen-bond donors (Lipinski definition) is 1. The van der Waals surface area contributed by atoms with Crippen molar-refractivity contribution in [3.8, 4) is 11.5 Å². The van der Waals surface area contributed by atoms with Crippen LogP contribution in [0.2, 0.25) is 0 Å². The van der Waals surface area contributed by atoms with Crippen LogP contribution in [0.25, 0.3) is 16.8 Å². The fraction of sp³-hybridized carbons (Fsp3) is 0.129. The summed E-state index contributed by atoms with van der Waals surface area (Å²) in [7, 11) is 1.53. The number of nitrogens with one attached hydrogen (secondary N) is 1. The van der Waals surface area contributed by atoms with Crippen LogP contribution in [0.5, 0.6) is 11.5 Å². The first-order valence-corrected chi connectivity index (χ1v) is 12.1. The maximum absolute atomic E-state index is 13.2. The standard InChI is InChI=1S/C31H26N2O5/c1-19-12-14-22-9-5-6-10-23(22)25(19)18-38-27-15-13-21(17-28(27)37-3)16-24-29(34)32-31(36)33(30(24)35)26-11-7-4-8-20(26)2/h4-17H,18H2,1-3H3,(H,32,34,36)/b24-16+. The number of methoxy groups -OCH3 is 1. The van der Waals surface area contributed by atoms with Crippen LogP contribution in [-0.2, 0) is 16.2 Å². The van der Waals surface area contributed by atoms with Crippen molar-refractivity contribution in [2.45, 2.75) is 20.5 Å². The van der Waals surface area contributed by atoms with E-state index in [1.807, 2.05) is 18.2 Å². The van der Waals surface area contributed by atoms with Crippen LogP contribution in [0.3, 0.4) is 0 Å². The lowest BCUT2D eigenvalue weighted by Gasteiger charge is -2.27. The Balaban J connectivity index is 1.43. The van der Waals surface area contributed by atoms with Crippen LogP contribution in [0.1, 0.15) is 22.3 Å². The highest BCUT2D eigenvalue weighted by molar-refractivity contribution is 6.39. The summed E-state index contributed by atoms with van der Waals surface area (Å²) in [6.45, 7) is 4.19. The molecular formula is C31H26N2O5. The molecule has 5 rings (SSSR count). The molecule has 0 spiro atoms. The van der Waals surface area contributed by atoms with Crippen molar-refractivity contribution in [3.63, 3.8) is 0 Å². The summed E-state index contributed by atoms with van der Waals surface area (Å²) in [6.07, 6.45) is 1.44. The Morgan fingerprint density at radius 2 is 1.61 bits per heavy atom. The first-order chi connectivity index (χ1) is 18.4. The van der Waals surface area contributed by atoms with E-state index in [4.69, 9.17) is 9.47 Å². The molecule has 7 heteroatoms. The second kappa shape index (κ2) is 10.2. The summed E-state index contributed by atoms with van der Waals surface area (Å²) in [5.74, 6) is -0.472. The van der Waals surface area contributed by atoms with E-state index in [1.54, 1.807) is 43.3 Å². The van der Waals surface area contributed by atoms with Crippen molar-refractivity contribution in [1.82, 2.24) is 5.32 Å². The van der Waals surface area contributed by atoms with Gasteiger partial charge in [-0.2, -0.15) is 0 Å². The SMILES string of the molecule is COc1cc(/C=C2\C(=O)NC(=O)N(c3ccccc3C)C2=O)ccc1OCc1c(C)ccc2ccccc12. The van der Waals surface area contributed by atoms with E-state index in [2.05, 4.69) is 36.5 Å². The number of urea groups is 1. The molecule has 1 fully saturated rings. The molecule has 0 aliphatic carbocycles. The van der Waals surface area contributed by atoms with Crippen LogP contribution in [0, 0.1) is 13.8 Å². The van der Waals surface area contributed by atoms with Crippen molar-refractivity contribution >= 4 is 40.4 Å². The van der Waals surface area contributed by atoms with Gasteiger partial charge < -0.3 is 9.47 Å². The molecule has 1 saturated heterocycles. The Morgan fingerprint density at radius 1 is 0.842 bits per heavy atom. The highest BCUT2D eigenvalue weighted by Crippen LogP contribution is 2.32. The quantitative estimate of drug-likeness (QED) is 0.267. The van der Waals surface area contributed by atoms with Crippen molar-refractivity contribution < 1.29 is 23.9 Å². The second-order valence-corrected chi connectivity index (χ2v) is 9.03. The lowest BCUT2D eigenvalue weighted by atomic mass is 10.0. The van der Waals surface area contributed by atoms with Gasteiger partial charge >= 0.3 is 6.03 Å². The monoisotopic (exact) mass is 506 g/mol. The minimum atomic E-state index is -0.781. The summed E-state index contributed by atoms with van der Waals surface area (Å²) in [4.78, 5) is 39.3. The molecule has 7 nitrogen and oxygen atoms in total. The Morgan fingerprint density at radius 3 is 2.39 bits per heavy atom. The fourth-order valence-electron chi connectivity index (χ4n) is 4.54. The first-order valence-electron chi connectivity index (χ1n) is 12.1. The molecule has 1 N–H and O–H groups in total. The molecule has 0 radical (unpaired) electrons. The van der Waals surface area contributed by atoms with Crippen LogP contribution in [0.15, 0.2) is 84.4 Å². The molecular weight excluding hydrogens is 480 g/mol. The number of imide groups is 2. The van der Waals surface area contributed by atoms with Gasteiger partial charge in [0.2, 0.25) is 0 Å². The number of aryl methyl sites for hydroxylation is 2. The van der Waals surface area contributed by atoms with Gasteiger partial charge in [0.1, 0.15) is 12.2 Å². The molecule has 0 atom stereocenters. The van der Waals surface area contributed by atoms with Crippen molar-refractivity contribution in [3.05, 3.63) is 107 Å². The number of rotatable bonds is 6. The van der Waals surface area contributed by atoms with Crippen LogP contribution >= 0.6 is 0 Å². The molecule has 1 heterocycles. The molecule has 0 saturated carbocycles. The second-order valence-electron chi connectivity index (χ2n) is 9.03. The molecule has 1 aliphatic rings. The Labute approximate surface area is 220 Å². The number of fused-ring (bicyclic) bond motifs is 1. The van der Waals surface area contributed by atoms with Gasteiger partial charge in [0, 0.05) is 5.56 Å². The van der Waals surface area contributed by atoms with Crippen molar-refractivity contribution in [2.24, 2.45) is 0 Å². The van der Waals surface area contributed by atoms with E-state index >= 15 is 0 Å². The zero-order valence-corrected chi connectivity index (χ0v) is 21.3. The highest BCUT2D eigenvalue weighted by Gasteiger charge is 2.37. The molecule has 4 aromatic carbocycles. The maximum atomic E-state index is 13.2. The summed E-state index contributed by atoms with van der Waals surface area (Å²) >= 11 is 0. The third-order valence-electron chi connectivity index (χ3n) is 6.60. The fourth-order valence-corrected chi connectivity index (χ4v) is 4.54. The molecule has 0 bridgehead atoms. The lowest BCUT2D eigenvalue weighted by molar-refractivity contribution is -0.122. The number of hydrogen-bond acceptors (Lipinski definition) is 5. The zero-order valence-electron chi connectivity index (χ0n) is 21.3. The van der Waals surface area contributed by atoms with E-state index in [-0.39, 0.29) is 5.57 Å². The molecule has 0 unspecified atom stereocenters. The largest absolute Gasteiger partial charge is 0.493 e. The van der Waals surface area contributed by atoms with Crippen LogP contribution in [0.4, 0.5) is 10.5 Å². The predicted molar refractivity (Wildman–Crippen MR) is 146 cm³/mol. The Kier molecular flexibility index (Phi) is 6.66. The van der Waals surface area contributed by atoms with Gasteiger partial charge in [-0.15, -0.1) is 0 Å². The zero-order chi connectivity index (χ0) is 26.8. The maximum Gasteiger partial charge on any atom is 0.335 e. The smallest absolute Gasteiger partial charge is 0.335 e. The van der Waals surface area contributed by atoms with Gasteiger partial charge in [0.25, 0.3) is 11.8 Å². The summed E-state index contributed by atoms with van der Waals surface area (Å²) < 4.78 is 11.7. The Bertz CT molecular complexity index is 1620. The number of carbonyl (C=O) groups is 3. The number of carbonyl (C=O) groups excluding carboxylic acids is 3. The number of amides is 4. The summed E-state index contributed by atoms with van der Waals surface area (Å²) in [6, 6.07) is 23.7. The van der Waals surface area contributed by atoms with Gasteiger partial charge in [-0.05, 0) is 65.6 Å². The normalized spacial score (nSPS) is 14.7. The number of benzene rings is 4. The first kappa shape index (κ1) is 24.8. The van der Waals surface area contributed by atoms with E-state index in [1.165, 1.54) is 13.2 Å². The average molecular weight is 507 g/mol. The molecule has 0 aromatic heterocycles. The number of anilines is 1. The van der Waals surface area contributed by atoms with Gasteiger partial charge in [-0.3, -0.25) is 14.9 Å². The number of barbiturate groups is 1. The summed E-state index contributed by atoms with van der Waals surface area (Å²) in [5.41, 5.74) is 3.75. The molecule has 4 amide bonds. The molecule has 38 heavy (non-hydrogen) atoms. The Hall–Kier alpha value is -4.91. The number of ether oxygens (including phenoxy) is 2. The van der Waals surface area contributed by atoms with Crippen molar-refractivity contribution in [2.75, 3.05) is 12.0 Å². The van der Waals surface area contributed by atoms with Crippen molar-refractivity contribution in [1.29, 1.82) is 0 Å². The average Bonchev–Trinajstić information content (AvgIpc) is 2.91. The van der Waals surface area contributed by atoms with Crippen LogP contribution in [-0.4, -0.2) is 25.0 Å². The van der Waals surface area contributed by atoms with Gasteiger partial charge in [-0.1, -0.05) is 60.7 Å². The van der Waals surface area contributed by atoms with E-state index in [9.17, 15) is 14.4 Å². The minimum Gasteiger partial charge on any atom is -0.493 e. The van der Waals surface area contributed by atoms with Gasteiger partial charge in [0.15, 0.2) is 11.5 Å². The number of nitrogens with zero attached hydrogens (tertiary/aromatic N) is 1. The minimum absolute atomic E-state index is 0.157. The third-order valence-corrected chi connectivity index (χ3v) is 6.60. The lowest BCUT2D eigenvalue weighted by Crippen LogP contribution is -2.54. The molecule has 4 aromatic rings. The van der Waals surface area contributed by atoms with E-state index in [0.29, 0.717) is 29.4 Å². The molecule has 190 valence electrons. The number of para-hydroxylation sites is 1. The van der Waals surface area contributed by atoms with E-state index < -0.39 is 17.8 Å². The third kappa shape index (κ3) is 4.62. The van der Waals surface area contributed by atoms with Crippen LogP contribution < -0.4 is 19.7 Å². The topological polar surface area (TPSA) is 84.9 Å². The molecule has 1 aliphatic heterocycles. The van der Waals surface area contributed by atoms with Gasteiger partial charge in [-0.25, -0.2) is 9.69 Å².